The number of anilines is 1. The van der Waals surface area contributed by atoms with Crippen molar-refractivity contribution in [2.24, 2.45) is 0 Å². The van der Waals surface area contributed by atoms with Crippen molar-refractivity contribution in [3.63, 3.8) is 0 Å². The third kappa shape index (κ3) is 5.09. The van der Waals surface area contributed by atoms with Gasteiger partial charge in [-0.2, -0.15) is 4.31 Å². The van der Waals surface area contributed by atoms with Gasteiger partial charge in [-0.3, -0.25) is 0 Å². The SMILES string of the molecule is O=S(=O)(c1cccs1)N1CCN(c2ccc(C(O)(CF)C(F)F)cc2)[C@@H](Cc2ccccc2F)C1. The summed E-state index contributed by atoms with van der Waals surface area (Å²) in [5.74, 6) is -0.411. The smallest absolute Gasteiger partial charge is 0.273 e. The van der Waals surface area contributed by atoms with Gasteiger partial charge in [0, 0.05) is 31.4 Å². The molecule has 4 rings (SSSR count). The van der Waals surface area contributed by atoms with E-state index in [0.717, 1.165) is 11.3 Å². The van der Waals surface area contributed by atoms with E-state index in [1.54, 1.807) is 29.6 Å². The largest absolute Gasteiger partial charge is 0.377 e. The van der Waals surface area contributed by atoms with Crippen LogP contribution in [-0.4, -0.2) is 56.6 Å². The summed E-state index contributed by atoms with van der Waals surface area (Å²) in [7, 11) is -3.73. The quantitative estimate of drug-likeness (QED) is 0.440. The molecular formula is C24H24F4N2O3S2. The number of rotatable bonds is 8. The van der Waals surface area contributed by atoms with E-state index >= 15 is 0 Å². The Morgan fingerprint density at radius 2 is 1.77 bits per heavy atom. The van der Waals surface area contributed by atoms with Gasteiger partial charge in [0.1, 0.15) is 16.7 Å². The van der Waals surface area contributed by atoms with Crippen molar-refractivity contribution < 1.29 is 31.1 Å². The van der Waals surface area contributed by atoms with Crippen LogP contribution in [0.1, 0.15) is 11.1 Å². The predicted molar refractivity (Wildman–Crippen MR) is 127 cm³/mol. The second kappa shape index (κ2) is 10.3. The average molecular weight is 529 g/mol. The van der Waals surface area contributed by atoms with Crippen LogP contribution in [0.25, 0.3) is 0 Å². The van der Waals surface area contributed by atoms with Gasteiger partial charge in [-0.1, -0.05) is 36.4 Å². The fourth-order valence-electron chi connectivity index (χ4n) is 4.22. The molecule has 188 valence electrons. The molecule has 1 saturated heterocycles. The van der Waals surface area contributed by atoms with Crippen LogP contribution in [0, 0.1) is 5.82 Å². The number of piperazine rings is 1. The third-order valence-corrected chi connectivity index (χ3v) is 9.45. The fraction of sp³-hybridized carbons (Fsp3) is 0.333. The Hall–Kier alpha value is -2.47. The van der Waals surface area contributed by atoms with E-state index in [1.165, 1.54) is 40.7 Å². The van der Waals surface area contributed by atoms with Gasteiger partial charge in [-0.25, -0.2) is 26.0 Å². The third-order valence-electron chi connectivity index (χ3n) is 6.21. The normalized spacial score (nSPS) is 19.1. The molecule has 11 heteroatoms. The maximum atomic E-state index is 14.4. The molecular weight excluding hydrogens is 504 g/mol. The Morgan fingerprint density at radius 1 is 1.06 bits per heavy atom. The first-order valence-electron chi connectivity index (χ1n) is 10.9. The van der Waals surface area contributed by atoms with E-state index in [2.05, 4.69) is 0 Å². The summed E-state index contributed by atoms with van der Waals surface area (Å²) in [5.41, 5.74) is -2.18. The molecule has 35 heavy (non-hydrogen) atoms. The van der Waals surface area contributed by atoms with Gasteiger partial charge in [-0.05, 0) is 47.2 Å². The summed E-state index contributed by atoms with van der Waals surface area (Å²) in [5, 5.41) is 11.7. The summed E-state index contributed by atoms with van der Waals surface area (Å²) < 4.78 is 82.0. The Bertz CT molecular complexity index is 1240. The van der Waals surface area contributed by atoms with Crippen molar-refractivity contribution >= 4 is 27.0 Å². The van der Waals surface area contributed by atoms with E-state index in [1.807, 2.05) is 4.90 Å². The van der Waals surface area contributed by atoms with Crippen molar-refractivity contribution in [3.05, 3.63) is 83.0 Å². The molecule has 0 bridgehead atoms. The lowest BCUT2D eigenvalue weighted by molar-refractivity contribution is -0.114. The maximum Gasteiger partial charge on any atom is 0.273 e. The minimum absolute atomic E-state index is 0.0851. The highest BCUT2D eigenvalue weighted by molar-refractivity contribution is 7.91. The molecule has 5 nitrogen and oxygen atoms in total. The summed E-state index contributed by atoms with van der Waals surface area (Å²) in [4.78, 5) is 1.88. The van der Waals surface area contributed by atoms with Crippen LogP contribution >= 0.6 is 11.3 Å². The molecule has 1 unspecified atom stereocenters. The van der Waals surface area contributed by atoms with Crippen LogP contribution in [0.5, 0.6) is 0 Å². The maximum absolute atomic E-state index is 14.4. The highest BCUT2D eigenvalue weighted by Crippen LogP contribution is 2.33. The van der Waals surface area contributed by atoms with E-state index < -0.39 is 40.6 Å². The Kier molecular flexibility index (Phi) is 7.51. The minimum Gasteiger partial charge on any atom is -0.377 e. The van der Waals surface area contributed by atoms with Crippen LogP contribution in [-0.2, 0) is 22.0 Å². The summed E-state index contributed by atoms with van der Waals surface area (Å²) in [6, 6.07) is 14.4. The van der Waals surface area contributed by atoms with Crippen LogP contribution < -0.4 is 4.90 Å². The lowest BCUT2D eigenvalue weighted by Crippen LogP contribution is -2.55. The van der Waals surface area contributed by atoms with Crippen LogP contribution in [0.4, 0.5) is 23.2 Å². The standard InChI is InChI=1S/C24H24F4N2O3S2/c25-16-24(31,23(27)28)18-7-9-19(10-8-18)30-12-11-29(35(32,33)22-6-3-13-34-22)15-20(30)14-17-4-1-2-5-21(17)26/h1-10,13,20,23,31H,11-12,14-16H2/t20-,24?/m0/s1. The van der Waals surface area contributed by atoms with Crippen molar-refractivity contribution in [1.29, 1.82) is 0 Å². The lowest BCUT2D eigenvalue weighted by atomic mass is 9.95. The average Bonchev–Trinajstić information content (AvgIpc) is 3.41. The first-order valence-corrected chi connectivity index (χ1v) is 13.2. The van der Waals surface area contributed by atoms with Crippen LogP contribution in [0.15, 0.2) is 70.3 Å². The van der Waals surface area contributed by atoms with Crippen LogP contribution in [0.3, 0.4) is 0 Å². The van der Waals surface area contributed by atoms with E-state index in [0.29, 0.717) is 11.3 Å². The zero-order chi connectivity index (χ0) is 25.2. The molecule has 3 aromatic rings. The molecule has 2 atom stereocenters. The van der Waals surface area contributed by atoms with Gasteiger partial charge in [-0.15, -0.1) is 11.3 Å². The van der Waals surface area contributed by atoms with Gasteiger partial charge >= 0.3 is 0 Å². The topological polar surface area (TPSA) is 60.9 Å². The van der Waals surface area contributed by atoms with Crippen molar-refractivity contribution in [2.75, 3.05) is 31.2 Å². The van der Waals surface area contributed by atoms with Gasteiger partial charge in [0.25, 0.3) is 16.4 Å². The first kappa shape index (κ1) is 25.6. The molecule has 1 fully saturated rings. The van der Waals surface area contributed by atoms with Crippen molar-refractivity contribution in [3.8, 4) is 0 Å². The summed E-state index contributed by atoms with van der Waals surface area (Å²) in [6.07, 6.45) is -3.10. The summed E-state index contributed by atoms with van der Waals surface area (Å²) >= 11 is 1.12. The first-order chi connectivity index (χ1) is 16.7. The Labute approximate surface area is 205 Å². The number of benzene rings is 2. The Balaban J connectivity index is 1.64. The molecule has 1 N–H and O–H groups in total. The molecule has 1 aromatic heterocycles. The highest BCUT2D eigenvalue weighted by atomic mass is 32.2. The van der Waals surface area contributed by atoms with Gasteiger partial charge in [0.15, 0.2) is 5.60 Å². The number of nitrogens with zero attached hydrogens (tertiary/aromatic N) is 2. The second-order valence-electron chi connectivity index (χ2n) is 8.34. The molecule has 1 aliphatic heterocycles. The van der Waals surface area contributed by atoms with E-state index in [-0.39, 0.29) is 35.8 Å². The van der Waals surface area contributed by atoms with Crippen molar-refractivity contribution in [2.45, 2.75) is 28.7 Å². The molecule has 2 heterocycles. The number of hydrogen-bond donors (Lipinski definition) is 1. The molecule has 0 saturated carbocycles. The number of halogens is 4. The molecule has 0 aliphatic carbocycles. The number of aliphatic hydroxyl groups is 1. The lowest BCUT2D eigenvalue weighted by Gasteiger charge is -2.42. The number of alkyl halides is 3. The summed E-state index contributed by atoms with van der Waals surface area (Å²) in [6.45, 7) is -1.12. The molecule has 0 radical (unpaired) electrons. The second-order valence-corrected chi connectivity index (χ2v) is 11.5. The Morgan fingerprint density at radius 3 is 2.37 bits per heavy atom. The van der Waals surface area contributed by atoms with E-state index in [9.17, 15) is 31.1 Å². The predicted octanol–water partition coefficient (Wildman–Crippen LogP) is 4.43. The van der Waals surface area contributed by atoms with Crippen molar-refractivity contribution in [1.82, 2.24) is 4.31 Å². The van der Waals surface area contributed by atoms with Gasteiger partial charge in [0.2, 0.25) is 0 Å². The van der Waals surface area contributed by atoms with E-state index in [4.69, 9.17) is 0 Å². The van der Waals surface area contributed by atoms with Gasteiger partial charge in [0.05, 0.1) is 0 Å². The zero-order valence-electron chi connectivity index (χ0n) is 18.5. The molecule has 2 aromatic carbocycles. The number of thiophene rings is 1. The highest BCUT2D eigenvalue weighted by Gasteiger charge is 2.40. The molecule has 1 aliphatic rings. The van der Waals surface area contributed by atoms with Gasteiger partial charge < -0.3 is 10.0 Å². The number of hydrogen-bond acceptors (Lipinski definition) is 5. The number of sulfonamides is 1. The minimum atomic E-state index is -3.73. The molecule has 0 amide bonds. The monoisotopic (exact) mass is 528 g/mol. The van der Waals surface area contributed by atoms with Crippen LogP contribution in [0.2, 0.25) is 0 Å². The zero-order valence-corrected chi connectivity index (χ0v) is 20.2. The fourth-order valence-corrected chi connectivity index (χ4v) is 6.83. The molecule has 0 spiro atoms.